The van der Waals surface area contributed by atoms with Gasteiger partial charge in [-0.2, -0.15) is 0 Å². The highest BCUT2D eigenvalue weighted by atomic mass is 127. The van der Waals surface area contributed by atoms with Crippen LogP contribution in [-0.4, -0.2) is 14.4 Å². The Labute approximate surface area is 141 Å². The predicted molar refractivity (Wildman–Crippen MR) is 101 cm³/mol. The SMILES string of the molecule is CC(C)[Si](O[C@@H]1CCC(C)(C)C=C1I)(C(C)C)C(C)C. The zero-order chi connectivity index (χ0) is 15.7. The molecule has 0 N–H and O–H groups in total. The van der Waals surface area contributed by atoms with Gasteiger partial charge in [-0.1, -0.05) is 61.5 Å². The molecule has 0 spiro atoms. The van der Waals surface area contributed by atoms with Crippen molar-refractivity contribution in [1.29, 1.82) is 0 Å². The maximum Gasteiger partial charge on any atom is 0.201 e. The second-order valence-corrected chi connectivity index (χ2v) is 14.6. The van der Waals surface area contributed by atoms with Crippen molar-refractivity contribution in [2.24, 2.45) is 5.41 Å². The van der Waals surface area contributed by atoms with Crippen molar-refractivity contribution in [1.82, 2.24) is 0 Å². The van der Waals surface area contributed by atoms with E-state index in [1.165, 1.54) is 16.4 Å². The summed E-state index contributed by atoms with van der Waals surface area (Å²) in [5.74, 6) is 0. The third kappa shape index (κ3) is 3.89. The Morgan fingerprint density at radius 1 is 1.10 bits per heavy atom. The molecule has 0 aromatic heterocycles. The maximum absolute atomic E-state index is 6.93. The van der Waals surface area contributed by atoms with E-state index in [9.17, 15) is 0 Å². The first-order valence-electron chi connectivity index (χ1n) is 8.09. The predicted octanol–water partition coefficient (Wildman–Crippen LogP) is 6.69. The van der Waals surface area contributed by atoms with Crippen LogP contribution in [0.4, 0.5) is 0 Å². The van der Waals surface area contributed by atoms with Gasteiger partial charge >= 0.3 is 0 Å². The molecule has 1 nitrogen and oxygen atoms in total. The van der Waals surface area contributed by atoms with Crippen molar-refractivity contribution in [2.45, 2.75) is 91.0 Å². The average molecular weight is 408 g/mol. The quantitative estimate of drug-likeness (QED) is 0.364. The van der Waals surface area contributed by atoms with Gasteiger partial charge in [0.05, 0.1) is 6.10 Å². The Balaban J connectivity index is 3.03. The molecule has 0 heterocycles. The molecule has 0 saturated carbocycles. The zero-order valence-corrected chi connectivity index (χ0v) is 17.7. The fourth-order valence-corrected chi connectivity index (χ4v) is 11.0. The summed E-state index contributed by atoms with van der Waals surface area (Å²) < 4.78 is 8.36. The highest BCUT2D eigenvalue weighted by molar-refractivity contribution is 14.1. The standard InChI is InChI=1S/C17H33IOSi/c1-12(2)20(13(3)4,14(5)6)19-16-9-10-17(7,8)11-15(16)18/h11-14,16H,9-10H2,1-8H3/t16-/m1/s1. The lowest BCUT2D eigenvalue weighted by molar-refractivity contribution is 0.176. The summed E-state index contributed by atoms with van der Waals surface area (Å²) in [6.45, 7) is 18.9. The Kier molecular flexibility index (Phi) is 6.38. The van der Waals surface area contributed by atoms with E-state index in [0.29, 0.717) is 28.1 Å². The largest absolute Gasteiger partial charge is 0.409 e. The van der Waals surface area contributed by atoms with Gasteiger partial charge in [-0.25, -0.2) is 0 Å². The lowest BCUT2D eigenvalue weighted by atomic mass is 9.82. The van der Waals surface area contributed by atoms with Gasteiger partial charge in [0.15, 0.2) is 0 Å². The zero-order valence-electron chi connectivity index (χ0n) is 14.6. The van der Waals surface area contributed by atoms with Crippen LogP contribution >= 0.6 is 22.6 Å². The van der Waals surface area contributed by atoms with E-state index in [1.54, 1.807) is 0 Å². The Hall–Kier alpha value is 0.647. The monoisotopic (exact) mass is 408 g/mol. The Morgan fingerprint density at radius 2 is 1.55 bits per heavy atom. The van der Waals surface area contributed by atoms with Gasteiger partial charge < -0.3 is 4.43 Å². The van der Waals surface area contributed by atoms with Crippen LogP contribution in [0, 0.1) is 5.41 Å². The maximum atomic E-state index is 6.93. The number of hydrogen-bond donors (Lipinski definition) is 0. The molecule has 0 aliphatic heterocycles. The topological polar surface area (TPSA) is 9.23 Å². The fourth-order valence-electron chi connectivity index (χ4n) is 3.95. The number of allylic oxidation sites excluding steroid dienone is 1. The smallest absolute Gasteiger partial charge is 0.201 e. The van der Waals surface area contributed by atoms with E-state index in [2.05, 4.69) is 84.1 Å². The molecule has 0 radical (unpaired) electrons. The van der Waals surface area contributed by atoms with Crippen LogP contribution < -0.4 is 0 Å². The molecule has 1 aliphatic carbocycles. The highest BCUT2D eigenvalue weighted by Crippen LogP contribution is 2.46. The molecule has 0 amide bonds. The van der Waals surface area contributed by atoms with Crippen LogP contribution in [0.5, 0.6) is 0 Å². The second kappa shape index (κ2) is 6.82. The molecule has 0 aromatic rings. The van der Waals surface area contributed by atoms with Gasteiger partial charge in [0.2, 0.25) is 8.32 Å². The molecule has 1 aliphatic rings. The minimum atomic E-state index is -1.75. The average Bonchev–Trinajstić information content (AvgIpc) is 2.25. The van der Waals surface area contributed by atoms with Crippen molar-refractivity contribution < 1.29 is 4.43 Å². The van der Waals surface area contributed by atoms with E-state index in [-0.39, 0.29) is 0 Å². The number of halogens is 1. The van der Waals surface area contributed by atoms with E-state index in [1.807, 2.05) is 0 Å². The molecule has 0 unspecified atom stereocenters. The van der Waals surface area contributed by atoms with Gasteiger partial charge in [0, 0.05) is 3.58 Å². The van der Waals surface area contributed by atoms with E-state index >= 15 is 0 Å². The molecule has 0 aromatic carbocycles. The van der Waals surface area contributed by atoms with E-state index in [0.717, 1.165) is 0 Å². The molecular formula is C17H33IOSi. The summed E-state index contributed by atoms with van der Waals surface area (Å²) in [5, 5.41) is 0. The fraction of sp³-hybridized carbons (Fsp3) is 0.882. The van der Waals surface area contributed by atoms with Gasteiger partial charge in [-0.3, -0.25) is 0 Å². The highest BCUT2D eigenvalue weighted by Gasteiger charge is 2.47. The van der Waals surface area contributed by atoms with Crippen molar-refractivity contribution in [3.05, 3.63) is 9.66 Å². The van der Waals surface area contributed by atoms with Crippen molar-refractivity contribution in [2.75, 3.05) is 0 Å². The van der Waals surface area contributed by atoms with Crippen molar-refractivity contribution in [3.8, 4) is 0 Å². The van der Waals surface area contributed by atoms with Crippen molar-refractivity contribution >= 4 is 30.9 Å². The van der Waals surface area contributed by atoms with Crippen LogP contribution in [0.25, 0.3) is 0 Å². The Bertz CT molecular complexity index is 336. The molecular weight excluding hydrogens is 375 g/mol. The normalized spacial score (nSPS) is 23.6. The molecule has 0 bridgehead atoms. The first-order valence-corrected chi connectivity index (χ1v) is 11.3. The molecule has 1 atom stereocenters. The molecule has 118 valence electrons. The first kappa shape index (κ1) is 18.7. The summed E-state index contributed by atoms with van der Waals surface area (Å²) in [4.78, 5) is 0. The summed E-state index contributed by atoms with van der Waals surface area (Å²) in [5.41, 5.74) is 2.35. The minimum absolute atomic E-state index is 0.341. The summed E-state index contributed by atoms with van der Waals surface area (Å²) >= 11 is 2.51. The van der Waals surface area contributed by atoms with Crippen LogP contribution in [0.15, 0.2) is 9.66 Å². The first-order chi connectivity index (χ1) is 9.03. The van der Waals surface area contributed by atoms with Crippen molar-refractivity contribution in [3.63, 3.8) is 0 Å². The van der Waals surface area contributed by atoms with Gasteiger partial charge in [0.1, 0.15) is 0 Å². The third-order valence-corrected chi connectivity index (χ3v) is 12.1. The summed E-state index contributed by atoms with van der Waals surface area (Å²) in [6.07, 6.45) is 5.20. The van der Waals surface area contributed by atoms with Gasteiger partial charge in [-0.05, 0) is 57.5 Å². The lowest BCUT2D eigenvalue weighted by Crippen LogP contribution is -2.50. The Morgan fingerprint density at radius 3 is 1.90 bits per heavy atom. The van der Waals surface area contributed by atoms with Gasteiger partial charge in [0.25, 0.3) is 0 Å². The molecule has 0 saturated heterocycles. The molecule has 3 heteroatoms. The van der Waals surface area contributed by atoms with Crippen LogP contribution in [0.3, 0.4) is 0 Å². The third-order valence-electron chi connectivity index (χ3n) is 4.94. The molecule has 1 rings (SSSR count). The molecule has 20 heavy (non-hydrogen) atoms. The lowest BCUT2D eigenvalue weighted by Gasteiger charge is -2.46. The summed E-state index contributed by atoms with van der Waals surface area (Å²) in [6, 6.07) is 0. The van der Waals surface area contributed by atoms with E-state index < -0.39 is 8.32 Å². The van der Waals surface area contributed by atoms with Gasteiger partial charge in [-0.15, -0.1) is 0 Å². The number of rotatable bonds is 5. The summed E-state index contributed by atoms with van der Waals surface area (Å²) in [7, 11) is -1.75. The van der Waals surface area contributed by atoms with Crippen LogP contribution in [0.2, 0.25) is 16.6 Å². The minimum Gasteiger partial charge on any atom is -0.409 e. The molecule has 0 fully saturated rings. The number of hydrogen-bond acceptors (Lipinski definition) is 1. The van der Waals surface area contributed by atoms with Crippen LogP contribution in [0.1, 0.15) is 68.2 Å². The van der Waals surface area contributed by atoms with Crippen LogP contribution in [-0.2, 0) is 4.43 Å². The van der Waals surface area contributed by atoms with E-state index in [4.69, 9.17) is 4.43 Å². The second-order valence-electron chi connectivity index (χ2n) is 7.98.